The molecule has 0 unspecified atom stereocenters. The molecule has 0 spiro atoms. The number of aromatic nitrogens is 2. The van der Waals surface area contributed by atoms with Crippen molar-refractivity contribution in [3.63, 3.8) is 0 Å². The summed E-state index contributed by atoms with van der Waals surface area (Å²) >= 11 is 0. The Hall–Kier alpha value is -3.15. The standard InChI is InChI=1S/C21H25N3O3/c1-23-17(11-14-5-8-16(26-3)9-6-14)18(24(2)21(23)22)12-15-7-10-20(27-4)19(25)13-15/h5-10,13,22,25H,11-12H2,1-4H3. The van der Waals surface area contributed by atoms with Crippen LogP contribution in [0.4, 0.5) is 0 Å². The molecule has 142 valence electrons. The number of ether oxygens (including phenoxy) is 2. The first kappa shape index (κ1) is 18.6. The highest BCUT2D eigenvalue weighted by molar-refractivity contribution is 5.43. The summed E-state index contributed by atoms with van der Waals surface area (Å²) in [6.45, 7) is 0. The number of phenols is 1. The Morgan fingerprint density at radius 3 is 1.93 bits per heavy atom. The second-order valence-electron chi connectivity index (χ2n) is 6.54. The third-order valence-electron chi connectivity index (χ3n) is 4.92. The van der Waals surface area contributed by atoms with Gasteiger partial charge in [-0.1, -0.05) is 18.2 Å². The Morgan fingerprint density at radius 1 is 0.852 bits per heavy atom. The van der Waals surface area contributed by atoms with Gasteiger partial charge in [0.2, 0.25) is 5.62 Å². The molecular formula is C21H25N3O3. The number of imidazole rings is 1. The molecular weight excluding hydrogens is 342 g/mol. The number of rotatable bonds is 6. The Bertz CT molecular complexity index is 1000. The Labute approximate surface area is 158 Å². The van der Waals surface area contributed by atoms with Crippen molar-refractivity contribution in [2.45, 2.75) is 12.8 Å². The fourth-order valence-corrected chi connectivity index (χ4v) is 3.28. The van der Waals surface area contributed by atoms with Crippen LogP contribution in [-0.2, 0) is 26.9 Å². The summed E-state index contributed by atoms with van der Waals surface area (Å²) < 4.78 is 14.1. The van der Waals surface area contributed by atoms with E-state index in [2.05, 4.69) is 0 Å². The largest absolute Gasteiger partial charge is 0.504 e. The van der Waals surface area contributed by atoms with Gasteiger partial charge in [-0.15, -0.1) is 0 Å². The van der Waals surface area contributed by atoms with Crippen molar-refractivity contribution >= 4 is 0 Å². The van der Waals surface area contributed by atoms with Gasteiger partial charge in [-0.3, -0.25) is 5.41 Å². The van der Waals surface area contributed by atoms with E-state index in [9.17, 15) is 5.11 Å². The lowest BCUT2D eigenvalue weighted by Gasteiger charge is -2.10. The normalized spacial score (nSPS) is 10.8. The molecule has 2 N–H and O–H groups in total. The zero-order valence-electron chi connectivity index (χ0n) is 16.1. The van der Waals surface area contributed by atoms with E-state index in [0.29, 0.717) is 24.2 Å². The number of hydrogen-bond acceptors (Lipinski definition) is 4. The van der Waals surface area contributed by atoms with Gasteiger partial charge in [0, 0.05) is 38.3 Å². The van der Waals surface area contributed by atoms with Crippen LogP contribution in [-0.4, -0.2) is 28.5 Å². The van der Waals surface area contributed by atoms with Crippen LogP contribution in [0.25, 0.3) is 0 Å². The molecule has 6 heteroatoms. The molecule has 0 saturated carbocycles. The number of hydrogen-bond donors (Lipinski definition) is 2. The van der Waals surface area contributed by atoms with Crippen molar-refractivity contribution in [2.24, 2.45) is 14.1 Å². The monoisotopic (exact) mass is 367 g/mol. The molecule has 0 amide bonds. The SMILES string of the molecule is COc1ccc(Cc2c(Cc3ccc(OC)c(O)c3)n(C)c(=N)n2C)cc1. The van der Waals surface area contributed by atoms with Crippen LogP contribution in [0.5, 0.6) is 17.2 Å². The first-order chi connectivity index (χ1) is 12.9. The van der Waals surface area contributed by atoms with Crippen molar-refractivity contribution in [1.82, 2.24) is 9.13 Å². The topological polar surface area (TPSA) is 72.4 Å². The predicted octanol–water partition coefficient (Wildman–Crippen LogP) is 2.75. The van der Waals surface area contributed by atoms with Crippen LogP contribution in [0.2, 0.25) is 0 Å². The van der Waals surface area contributed by atoms with Gasteiger partial charge in [0.05, 0.1) is 14.2 Å². The van der Waals surface area contributed by atoms with Crippen LogP contribution in [0, 0.1) is 5.41 Å². The smallest absolute Gasteiger partial charge is 0.201 e. The molecule has 0 aliphatic rings. The van der Waals surface area contributed by atoms with E-state index < -0.39 is 0 Å². The molecule has 6 nitrogen and oxygen atoms in total. The molecule has 1 heterocycles. The number of aromatic hydroxyl groups is 1. The maximum atomic E-state index is 10.1. The molecule has 27 heavy (non-hydrogen) atoms. The molecule has 2 aromatic carbocycles. The Kier molecular flexibility index (Phi) is 5.26. The molecule has 1 aromatic heterocycles. The van der Waals surface area contributed by atoms with E-state index in [1.807, 2.05) is 53.6 Å². The number of benzene rings is 2. The van der Waals surface area contributed by atoms with Gasteiger partial charge in [-0.05, 0) is 35.4 Å². The van der Waals surface area contributed by atoms with Crippen molar-refractivity contribution < 1.29 is 14.6 Å². The fourth-order valence-electron chi connectivity index (χ4n) is 3.28. The van der Waals surface area contributed by atoms with Crippen LogP contribution < -0.4 is 15.1 Å². The average molecular weight is 367 g/mol. The molecule has 0 aliphatic heterocycles. The summed E-state index contributed by atoms with van der Waals surface area (Å²) in [6, 6.07) is 13.4. The van der Waals surface area contributed by atoms with Gasteiger partial charge in [-0.2, -0.15) is 0 Å². The van der Waals surface area contributed by atoms with Crippen LogP contribution >= 0.6 is 0 Å². The highest BCUT2D eigenvalue weighted by atomic mass is 16.5. The molecule has 0 bridgehead atoms. The van der Waals surface area contributed by atoms with Crippen molar-refractivity contribution in [1.29, 1.82) is 5.41 Å². The molecule has 0 aliphatic carbocycles. The lowest BCUT2D eigenvalue weighted by atomic mass is 10.0. The van der Waals surface area contributed by atoms with Gasteiger partial charge in [-0.25, -0.2) is 0 Å². The van der Waals surface area contributed by atoms with Gasteiger partial charge in [0.15, 0.2) is 11.5 Å². The lowest BCUT2D eigenvalue weighted by molar-refractivity contribution is 0.373. The van der Waals surface area contributed by atoms with Crippen molar-refractivity contribution in [2.75, 3.05) is 14.2 Å². The van der Waals surface area contributed by atoms with Crippen molar-refractivity contribution in [3.8, 4) is 17.2 Å². The lowest BCUT2D eigenvalue weighted by Crippen LogP contribution is -2.21. The van der Waals surface area contributed by atoms with Gasteiger partial charge in [0.1, 0.15) is 5.75 Å². The first-order valence-electron chi connectivity index (χ1n) is 8.71. The zero-order chi connectivity index (χ0) is 19.6. The Balaban J connectivity index is 1.96. The molecule has 0 saturated heterocycles. The van der Waals surface area contributed by atoms with E-state index in [1.165, 1.54) is 7.11 Å². The summed E-state index contributed by atoms with van der Waals surface area (Å²) in [5.74, 6) is 1.40. The second-order valence-corrected chi connectivity index (χ2v) is 6.54. The van der Waals surface area contributed by atoms with E-state index in [0.717, 1.165) is 28.3 Å². The minimum absolute atomic E-state index is 0.122. The summed E-state index contributed by atoms with van der Waals surface area (Å²) in [6.07, 6.45) is 1.33. The molecule has 3 rings (SSSR count). The maximum Gasteiger partial charge on any atom is 0.201 e. The fraction of sp³-hybridized carbons (Fsp3) is 0.286. The third-order valence-corrected chi connectivity index (χ3v) is 4.92. The molecule has 3 aromatic rings. The summed E-state index contributed by atoms with van der Waals surface area (Å²) in [4.78, 5) is 0. The molecule has 0 atom stereocenters. The third kappa shape index (κ3) is 3.69. The minimum Gasteiger partial charge on any atom is -0.504 e. The number of methoxy groups -OCH3 is 2. The van der Waals surface area contributed by atoms with Gasteiger partial charge < -0.3 is 23.7 Å². The predicted molar refractivity (Wildman–Crippen MR) is 104 cm³/mol. The van der Waals surface area contributed by atoms with Gasteiger partial charge in [0.25, 0.3) is 0 Å². The number of phenolic OH excluding ortho intramolecular Hbond substituents is 1. The summed E-state index contributed by atoms with van der Waals surface area (Å²) in [7, 11) is 7.00. The average Bonchev–Trinajstić information content (AvgIpc) is 2.87. The quantitative estimate of drug-likeness (QED) is 0.704. The van der Waals surface area contributed by atoms with E-state index in [-0.39, 0.29) is 5.75 Å². The van der Waals surface area contributed by atoms with E-state index in [4.69, 9.17) is 14.9 Å². The van der Waals surface area contributed by atoms with E-state index >= 15 is 0 Å². The number of nitrogens with one attached hydrogen (secondary N) is 1. The molecule has 0 radical (unpaired) electrons. The number of nitrogens with zero attached hydrogens (tertiary/aromatic N) is 2. The Morgan fingerprint density at radius 2 is 1.41 bits per heavy atom. The van der Waals surface area contributed by atoms with E-state index in [1.54, 1.807) is 19.2 Å². The maximum absolute atomic E-state index is 10.1. The first-order valence-corrected chi connectivity index (χ1v) is 8.71. The second kappa shape index (κ2) is 7.61. The van der Waals surface area contributed by atoms with Gasteiger partial charge >= 0.3 is 0 Å². The molecule has 0 fully saturated rings. The van der Waals surface area contributed by atoms with Crippen molar-refractivity contribution in [3.05, 3.63) is 70.6 Å². The minimum atomic E-state index is 0.122. The van der Waals surface area contributed by atoms with Crippen LogP contribution in [0.3, 0.4) is 0 Å². The summed E-state index contributed by atoms with van der Waals surface area (Å²) in [5, 5.41) is 18.4. The zero-order valence-corrected chi connectivity index (χ0v) is 16.1. The van der Waals surface area contributed by atoms with Crippen LogP contribution in [0.1, 0.15) is 22.5 Å². The van der Waals surface area contributed by atoms with Crippen LogP contribution in [0.15, 0.2) is 42.5 Å². The highest BCUT2D eigenvalue weighted by Crippen LogP contribution is 2.28. The summed E-state index contributed by atoms with van der Waals surface area (Å²) in [5.41, 5.74) is 4.67. The highest BCUT2D eigenvalue weighted by Gasteiger charge is 2.15.